The van der Waals surface area contributed by atoms with Crippen LogP contribution < -0.4 is 0 Å². The van der Waals surface area contributed by atoms with Crippen molar-refractivity contribution in [3.05, 3.63) is 77.9 Å². The van der Waals surface area contributed by atoms with Crippen LogP contribution in [-0.4, -0.2) is 0 Å². The molecule has 0 fully saturated rings. The zero-order valence-corrected chi connectivity index (χ0v) is 12.3. The van der Waals surface area contributed by atoms with Crippen LogP contribution in [0, 0.1) is 0 Å². The number of hydrogen-bond acceptors (Lipinski definition) is 0. The highest BCUT2D eigenvalue weighted by Crippen LogP contribution is 2.24. The first-order valence-corrected chi connectivity index (χ1v) is 7.68. The van der Waals surface area contributed by atoms with Crippen LogP contribution in [0.4, 0.5) is 0 Å². The van der Waals surface area contributed by atoms with Crippen LogP contribution in [0.25, 0.3) is 6.08 Å². The third-order valence-electron chi connectivity index (χ3n) is 3.67. The molecular formula is C20H24. The Bertz CT molecular complexity index is 496. The summed E-state index contributed by atoms with van der Waals surface area (Å²) in [7, 11) is 0. The van der Waals surface area contributed by atoms with Crippen LogP contribution in [0.1, 0.15) is 49.7 Å². The van der Waals surface area contributed by atoms with Crippen molar-refractivity contribution in [2.75, 3.05) is 0 Å². The molecule has 0 saturated carbocycles. The van der Waals surface area contributed by atoms with Crippen LogP contribution in [0.2, 0.25) is 0 Å². The predicted molar refractivity (Wildman–Crippen MR) is 88.8 cm³/mol. The molecule has 0 amide bonds. The fourth-order valence-corrected chi connectivity index (χ4v) is 2.48. The molecule has 0 aliphatic heterocycles. The van der Waals surface area contributed by atoms with E-state index < -0.39 is 0 Å². The highest BCUT2D eigenvalue weighted by atomic mass is 14.1. The molecule has 0 aliphatic rings. The van der Waals surface area contributed by atoms with Crippen molar-refractivity contribution in [2.45, 2.75) is 38.5 Å². The van der Waals surface area contributed by atoms with Crippen molar-refractivity contribution in [1.29, 1.82) is 0 Å². The first-order chi connectivity index (χ1) is 9.90. The predicted octanol–water partition coefficient (Wildman–Crippen LogP) is 6.06. The third kappa shape index (κ3) is 4.70. The van der Waals surface area contributed by atoms with Gasteiger partial charge in [0.15, 0.2) is 0 Å². The van der Waals surface area contributed by atoms with E-state index >= 15 is 0 Å². The molecule has 104 valence electrons. The smallest absolute Gasteiger partial charge is 0.00213 e. The lowest BCUT2D eigenvalue weighted by Crippen LogP contribution is -1.95. The fourth-order valence-electron chi connectivity index (χ4n) is 2.48. The number of allylic oxidation sites excluding steroid dienone is 1. The Labute approximate surface area is 123 Å². The molecule has 2 aromatic carbocycles. The Hall–Kier alpha value is -1.82. The van der Waals surface area contributed by atoms with Gasteiger partial charge in [-0.3, -0.25) is 0 Å². The summed E-state index contributed by atoms with van der Waals surface area (Å²) < 4.78 is 0. The lowest BCUT2D eigenvalue weighted by Gasteiger charge is -2.13. The minimum atomic E-state index is 0.531. The van der Waals surface area contributed by atoms with Gasteiger partial charge in [-0.1, -0.05) is 99.0 Å². The van der Waals surface area contributed by atoms with Crippen molar-refractivity contribution in [3.8, 4) is 0 Å². The molecule has 0 spiro atoms. The van der Waals surface area contributed by atoms with Gasteiger partial charge >= 0.3 is 0 Å². The maximum absolute atomic E-state index is 2.36. The molecule has 2 rings (SSSR count). The van der Waals surface area contributed by atoms with E-state index in [0.29, 0.717) is 5.92 Å². The van der Waals surface area contributed by atoms with E-state index in [4.69, 9.17) is 0 Å². The normalized spacial score (nSPS) is 12.7. The molecule has 0 N–H and O–H groups in total. The second-order valence-corrected chi connectivity index (χ2v) is 5.28. The lowest BCUT2D eigenvalue weighted by atomic mass is 9.92. The van der Waals surface area contributed by atoms with E-state index in [0.717, 1.165) is 0 Å². The number of rotatable bonds is 7. The number of benzene rings is 2. The van der Waals surface area contributed by atoms with Gasteiger partial charge in [-0.2, -0.15) is 0 Å². The molecule has 0 aliphatic carbocycles. The Morgan fingerprint density at radius 2 is 1.50 bits per heavy atom. The van der Waals surface area contributed by atoms with Crippen molar-refractivity contribution in [1.82, 2.24) is 0 Å². The van der Waals surface area contributed by atoms with Gasteiger partial charge in [0.05, 0.1) is 0 Å². The first-order valence-electron chi connectivity index (χ1n) is 7.68. The average Bonchev–Trinajstić information content (AvgIpc) is 2.52. The maximum Gasteiger partial charge on any atom is 0.00213 e. The van der Waals surface area contributed by atoms with Crippen molar-refractivity contribution < 1.29 is 0 Å². The van der Waals surface area contributed by atoms with Gasteiger partial charge in [-0.15, -0.1) is 0 Å². The molecule has 20 heavy (non-hydrogen) atoms. The summed E-state index contributed by atoms with van der Waals surface area (Å²) in [4.78, 5) is 0. The summed E-state index contributed by atoms with van der Waals surface area (Å²) in [6.45, 7) is 2.26. The Balaban J connectivity index is 2.08. The molecule has 0 aromatic heterocycles. The molecule has 2 aromatic rings. The van der Waals surface area contributed by atoms with E-state index in [1.165, 1.54) is 36.8 Å². The van der Waals surface area contributed by atoms with Gasteiger partial charge in [0, 0.05) is 5.92 Å². The van der Waals surface area contributed by atoms with Crippen LogP contribution in [0.3, 0.4) is 0 Å². The SMILES string of the molecule is CCCCCC(/C=C/c1ccccc1)c1ccccc1. The highest BCUT2D eigenvalue weighted by Gasteiger charge is 2.06. The quantitative estimate of drug-likeness (QED) is 0.533. The Morgan fingerprint density at radius 1 is 0.850 bits per heavy atom. The molecule has 0 nitrogen and oxygen atoms in total. The molecule has 0 bridgehead atoms. The standard InChI is InChI=1S/C20H24/c1-2-3-6-13-20(19-14-9-5-10-15-19)17-16-18-11-7-4-8-12-18/h4-5,7-12,14-17,20H,2-3,6,13H2,1H3/b17-16+. The zero-order chi connectivity index (χ0) is 14.0. The van der Waals surface area contributed by atoms with Gasteiger partial charge in [0.2, 0.25) is 0 Å². The maximum atomic E-state index is 2.36. The van der Waals surface area contributed by atoms with Gasteiger partial charge < -0.3 is 0 Å². The lowest BCUT2D eigenvalue weighted by molar-refractivity contribution is 0.629. The number of unbranched alkanes of at least 4 members (excludes halogenated alkanes) is 2. The van der Waals surface area contributed by atoms with Crippen molar-refractivity contribution in [2.24, 2.45) is 0 Å². The molecule has 1 atom stereocenters. The van der Waals surface area contributed by atoms with E-state index in [2.05, 4.69) is 79.7 Å². The van der Waals surface area contributed by atoms with Crippen LogP contribution in [0.5, 0.6) is 0 Å². The van der Waals surface area contributed by atoms with E-state index in [-0.39, 0.29) is 0 Å². The highest BCUT2D eigenvalue weighted by molar-refractivity contribution is 5.50. The first kappa shape index (κ1) is 14.6. The summed E-state index contributed by atoms with van der Waals surface area (Å²) in [5.74, 6) is 0.531. The van der Waals surface area contributed by atoms with E-state index in [1.807, 2.05) is 0 Å². The number of hydrogen-bond donors (Lipinski definition) is 0. The summed E-state index contributed by atoms with van der Waals surface area (Å²) >= 11 is 0. The Kier molecular flexibility index (Phi) is 6.10. The molecule has 0 saturated heterocycles. The monoisotopic (exact) mass is 264 g/mol. The second-order valence-electron chi connectivity index (χ2n) is 5.28. The molecule has 1 unspecified atom stereocenters. The minimum Gasteiger partial charge on any atom is -0.0764 e. The Morgan fingerprint density at radius 3 is 2.15 bits per heavy atom. The molecular weight excluding hydrogens is 240 g/mol. The second kappa shape index (κ2) is 8.37. The van der Waals surface area contributed by atoms with Crippen molar-refractivity contribution in [3.63, 3.8) is 0 Å². The molecule has 0 radical (unpaired) electrons. The van der Waals surface area contributed by atoms with E-state index in [9.17, 15) is 0 Å². The summed E-state index contributed by atoms with van der Waals surface area (Å²) in [6, 6.07) is 21.4. The topological polar surface area (TPSA) is 0 Å². The summed E-state index contributed by atoms with van der Waals surface area (Å²) in [5.41, 5.74) is 2.71. The van der Waals surface area contributed by atoms with Gasteiger partial charge in [-0.25, -0.2) is 0 Å². The average molecular weight is 264 g/mol. The van der Waals surface area contributed by atoms with Crippen LogP contribution in [0.15, 0.2) is 66.7 Å². The van der Waals surface area contributed by atoms with E-state index in [1.54, 1.807) is 0 Å². The largest absolute Gasteiger partial charge is 0.0764 e. The molecule has 0 heterocycles. The van der Waals surface area contributed by atoms with Crippen molar-refractivity contribution >= 4 is 6.08 Å². The third-order valence-corrected chi connectivity index (χ3v) is 3.67. The van der Waals surface area contributed by atoms with Gasteiger partial charge in [-0.05, 0) is 17.5 Å². The minimum absolute atomic E-state index is 0.531. The summed E-state index contributed by atoms with van der Waals surface area (Å²) in [5, 5.41) is 0. The fraction of sp³-hybridized carbons (Fsp3) is 0.300. The van der Waals surface area contributed by atoms with Crippen LogP contribution >= 0.6 is 0 Å². The van der Waals surface area contributed by atoms with Gasteiger partial charge in [0.1, 0.15) is 0 Å². The molecule has 0 heteroatoms. The van der Waals surface area contributed by atoms with Gasteiger partial charge in [0.25, 0.3) is 0 Å². The zero-order valence-electron chi connectivity index (χ0n) is 12.3. The summed E-state index contributed by atoms with van der Waals surface area (Å²) in [6.07, 6.45) is 9.76. The van der Waals surface area contributed by atoms with Crippen LogP contribution in [-0.2, 0) is 0 Å².